The largest absolute Gasteiger partial charge is 0.355 e. The van der Waals surface area contributed by atoms with E-state index in [1.807, 2.05) is 43.3 Å². The first-order valence-corrected chi connectivity index (χ1v) is 6.00. The van der Waals surface area contributed by atoms with Crippen molar-refractivity contribution < 1.29 is 0 Å². The molecule has 1 nitrogen and oxygen atoms in total. The van der Waals surface area contributed by atoms with E-state index in [1.54, 1.807) is 0 Å². The summed E-state index contributed by atoms with van der Waals surface area (Å²) in [6.45, 7) is 5.87. The smallest absolute Gasteiger partial charge is 0.0457 e. The van der Waals surface area contributed by atoms with Gasteiger partial charge in [0.1, 0.15) is 0 Å². The van der Waals surface area contributed by atoms with Gasteiger partial charge in [0.15, 0.2) is 0 Å². The summed E-state index contributed by atoms with van der Waals surface area (Å²) in [7, 11) is 0. The van der Waals surface area contributed by atoms with Crippen molar-refractivity contribution in [1.82, 2.24) is 0 Å². The van der Waals surface area contributed by atoms with Gasteiger partial charge in [-0.1, -0.05) is 60.7 Å². The highest BCUT2D eigenvalue weighted by Gasteiger charge is 1.98. The minimum absolute atomic E-state index is 1.05. The first-order valence-electron chi connectivity index (χ1n) is 6.00. The monoisotopic (exact) mass is 235 g/mol. The molecule has 0 amide bonds. The molecule has 0 unspecified atom stereocenters. The molecule has 90 valence electrons. The van der Waals surface area contributed by atoms with Gasteiger partial charge in [0.05, 0.1) is 0 Å². The number of hydrogen-bond donors (Lipinski definition) is 1. The van der Waals surface area contributed by atoms with Crippen molar-refractivity contribution in [3.8, 4) is 0 Å². The molecule has 2 rings (SSSR count). The van der Waals surface area contributed by atoms with Crippen LogP contribution in [-0.2, 0) is 0 Å². The summed E-state index contributed by atoms with van der Waals surface area (Å²) in [6.07, 6.45) is 4.10. The first-order chi connectivity index (χ1) is 8.75. The van der Waals surface area contributed by atoms with Crippen LogP contribution in [-0.4, -0.2) is 0 Å². The van der Waals surface area contributed by atoms with Crippen molar-refractivity contribution in [3.63, 3.8) is 0 Å². The fourth-order valence-electron chi connectivity index (χ4n) is 1.67. The average Bonchev–Trinajstić information content (AvgIpc) is 2.39. The van der Waals surface area contributed by atoms with Crippen LogP contribution >= 0.6 is 0 Å². The molecule has 2 aromatic rings. The van der Waals surface area contributed by atoms with Crippen LogP contribution in [0.25, 0.3) is 6.08 Å². The quantitative estimate of drug-likeness (QED) is 0.734. The van der Waals surface area contributed by atoms with Crippen molar-refractivity contribution >= 4 is 17.5 Å². The Hall–Kier alpha value is -2.28. The van der Waals surface area contributed by atoms with Crippen molar-refractivity contribution in [1.29, 1.82) is 0 Å². The van der Waals surface area contributed by atoms with Crippen molar-refractivity contribution in [2.75, 3.05) is 5.32 Å². The van der Waals surface area contributed by atoms with Gasteiger partial charge >= 0.3 is 0 Å². The number of allylic oxidation sites excluding steroid dienone is 2. The molecule has 1 heteroatoms. The highest BCUT2D eigenvalue weighted by atomic mass is 14.9. The van der Waals surface area contributed by atoms with Gasteiger partial charge in [-0.15, -0.1) is 0 Å². The zero-order valence-electron chi connectivity index (χ0n) is 10.6. The van der Waals surface area contributed by atoms with Crippen molar-refractivity contribution in [2.45, 2.75) is 6.92 Å². The highest BCUT2D eigenvalue weighted by Crippen LogP contribution is 2.22. The average molecular weight is 235 g/mol. The number of rotatable bonds is 4. The molecular weight excluding hydrogens is 218 g/mol. The van der Waals surface area contributed by atoms with E-state index in [-0.39, 0.29) is 0 Å². The molecule has 0 spiro atoms. The lowest BCUT2D eigenvalue weighted by Crippen LogP contribution is -1.92. The van der Waals surface area contributed by atoms with E-state index in [0.29, 0.717) is 0 Å². The Morgan fingerprint density at radius 1 is 1.00 bits per heavy atom. The van der Waals surface area contributed by atoms with Crippen LogP contribution in [0.5, 0.6) is 0 Å². The summed E-state index contributed by atoms with van der Waals surface area (Å²) in [5.41, 5.74) is 4.39. The third-order valence-electron chi connectivity index (χ3n) is 2.56. The van der Waals surface area contributed by atoms with Crippen LogP contribution in [0.15, 0.2) is 72.8 Å². The second-order valence-corrected chi connectivity index (χ2v) is 4.26. The van der Waals surface area contributed by atoms with Crippen molar-refractivity contribution in [2.24, 2.45) is 0 Å². The minimum atomic E-state index is 1.05. The van der Waals surface area contributed by atoms with E-state index in [4.69, 9.17) is 0 Å². The molecule has 0 aliphatic rings. The summed E-state index contributed by atoms with van der Waals surface area (Å²) in [5.74, 6) is 0. The van der Waals surface area contributed by atoms with Crippen LogP contribution in [0.3, 0.4) is 0 Å². The Bertz CT molecular complexity index is 553. The fraction of sp³-hybridized carbons (Fsp3) is 0.0588. The summed E-state index contributed by atoms with van der Waals surface area (Å²) in [5, 5.41) is 3.42. The lowest BCUT2D eigenvalue weighted by molar-refractivity contribution is 1.52. The van der Waals surface area contributed by atoms with Crippen LogP contribution in [0.1, 0.15) is 12.5 Å². The highest BCUT2D eigenvalue weighted by molar-refractivity contribution is 5.72. The SMILES string of the molecule is C=C(C)/C=C/c1ccccc1Nc1ccccc1. The van der Waals surface area contributed by atoms with E-state index in [1.165, 1.54) is 0 Å². The zero-order chi connectivity index (χ0) is 12.8. The number of hydrogen-bond acceptors (Lipinski definition) is 1. The van der Waals surface area contributed by atoms with E-state index in [2.05, 4.69) is 42.2 Å². The van der Waals surface area contributed by atoms with E-state index < -0.39 is 0 Å². The van der Waals surface area contributed by atoms with Gasteiger partial charge < -0.3 is 5.32 Å². The van der Waals surface area contributed by atoms with Gasteiger partial charge in [0.2, 0.25) is 0 Å². The molecule has 0 aliphatic heterocycles. The van der Waals surface area contributed by atoms with Crippen molar-refractivity contribution in [3.05, 3.63) is 78.4 Å². The Morgan fingerprint density at radius 3 is 2.39 bits per heavy atom. The van der Waals surface area contributed by atoms with Gasteiger partial charge in [0, 0.05) is 11.4 Å². The maximum absolute atomic E-state index is 3.88. The molecule has 0 aromatic heterocycles. The Labute approximate surface area is 108 Å². The molecule has 18 heavy (non-hydrogen) atoms. The first kappa shape index (κ1) is 12.2. The van der Waals surface area contributed by atoms with Gasteiger partial charge in [-0.3, -0.25) is 0 Å². The predicted octanol–water partition coefficient (Wildman–Crippen LogP) is 5.02. The summed E-state index contributed by atoms with van der Waals surface area (Å²) in [6, 6.07) is 18.4. The van der Waals surface area contributed by atoms with Crippen LogP contribution in [0.2, 0.25) is 0 Å². The summed E-state index contributed by atoms with van der Waals surface area (Å²) < 4.78 is 0. The lowest BCUT2D eigenvalue weighted by atomic mass is 10.1. The van der Waals surface area contributed by atoms with Gasteiger partial charge in [-0.2, -0.15) is 0 Å². The van der Waals surface area contributed by atoms with E-state index >= 15 is 0 Å². The Morgan fingerprint density at radius 2 is 1.67 bits per heavy atom. The molecule has 2 aromatic carbocycles. The van der Waals surface area contributed by atoms with Crippen LogP contribution in [0.4, 0.5) is 11.4 Å². The molecule has 0 heterocycles. The molecule has 0 aliphatic carbocycles. The minimum Gasteiger partial charge on any atom is -0.355 e. The zero-order valence-corrected chi connectivity index (χ0v) is 10.6. The summed E-state index contributed by atoms with van der Waals surface area (Å²) >= 11 is 0. The number of nitrogens with one attached hydrogen (secondary N) is 1. The fourth-order valence-corrected chi connectivity index (χ4v) is 1.67. The molecule has 1 N–H and O–H groups in total. The molecule has 0 atom stereocenters. The van der Waals surface area contributed by atoms with E-state index in [9.17, 15) is 0 Å². The second kappa shape index (κ2) is 5.87. The predicted molar refractivity (Wildman–Crippen MR) is 80.0 cm³/mol. The lowest BCUT2D eigenvalue weighted by Gasteiger charge is -2.09. The normalized spacial score (nSPS) is 10.5. The molecule has 0 saturated heterocycles. The summed E-state index contributed by atoms with van der Waals surface area (Å²) in [4.78, 5) is 0. The number of benzene rings is 2. The van der Waals surface area contributed by atoms with E-state index in [0.717, 1.165) is 22.5 Å². The van der Waals surface area contributed by atoms with Gasteiger partial charge in [-0.25, -0.2) is 0 Å². The van der Waals surface area contributed by atoms with Gasteiger partial charge in [-0.05, 0) is 30.7 Å². The topological polar surface area (TPSA) is 12.0 Å². The number of para-hydroxylation sites is 2. The molecule has 0 saturated carbocycles. The molecule has 0 fully saturated rings. The second-order valence-electron chi connectivity index (χ2n) is 4.26. The molecular formula is C17H17N. The third-order valence-corrected chi connectivity index (χ3v) is 2.56. The third kappa shape index (κ3) is 3.36. The van der Waals surface area contributed by atoms with Gasteiger partial charge in [0.25, 0.3) is 0 Å². The van der Waals surface area contributed by atoms with Crippen LogP contribution < -0.4 is 5.32 Å². The number of anilines is 2. The molecule has 0 radical (unpaired) electrons. The Balaban J connectivity index is 2.25. The molecule has 0 bridgehead atoms. The maximum Gasteiger partial charge on any atom is 0.0457 e. The standard InChI is InChI=1S/C17H17N/c1-14(2)12-13-15-8-6-7-11-17(15)18-16-9-4-3-5-10-16/h3-13,18H,1H2,2H3/b13-12+. The maximum atomic E-state index is 3.88. The van der Waals surface area contributed by atoms with Crippen LogP contribution in [0, 0.1) is 0 Å². The Kier molecular flexibility index (Phi) is 3.98.